The van der Waals surface area contributed by atoms with E-state index in [4.69, 9.17) is 10.2 Å². The molecule has 0 aliphatic heterocycles. The van der Waals surface area contributed by atoms with E-state index in [9.17, 15) is 14.0 Å². The van der Waals surface area contributed by atoms with Crippen LogP contribution in [-0.4, -0.2) is 22.2 Å². The van der Waals surface area contributed by atoms with Crippen LogP contribution in [0.25, 0.3) is 0 Å². The molecule has 5 heteroatoms. The lowest BCUT2D eigenvalue weighted by atomic mass is 9.85. The van der Waals surface area contributed by atoms with Crippen LogP contribution in [0.1, 0.15) is 31.9 Å². The number of carboxylic acid groups (broad SMARTS) is 2. The molecule has 0 aliphatic carbocycles. The maximum absolute atomic E-state index is 14.0. The summed E-state index contributed by atoms with van der Waals surface area (Å²) in [4.78, 5) is 21.6. The van der Waals surface area contributed by atoms with E-state index in [1.54, 1.807) is 0 Å². The molecule has 0 spiro atoms. The van der Waals surface area contributed by atoms with Crippen LogP contribution >= 0.6 is 0 Å². The lowest BCUT2D eigenvalue weighted by Gasteiger charge is -2.21. The van der Waals surface area contributed by atoms with E-state index in [0.717, 1.165) is 5.56 Å². The third kappa shape index (κ3) is 2.34. The van der Waals surface area contributed by atoms with Crippen LogP contribution in [0.5, 0.6) is 0 Å². The van der Waals surface area contributed by atoms with Crippen molar-refractivity contribution >= 4 is 11.9 Å². The standard InChI is InChI=1S/C13H15FO4/c1-12(2,3)8-4-6-9(7-5-8)13(14,10(15)16)11(17)18/h4-7H,1-3H3,(H,15,16)(H,17,18). The molecule has 0 aliphatic rings. The second-order valence-electron chi connectivity index (χ2n) is 5.10. The van der Waals surface area contributed by atoms with Crippen LogP contribution in [0.2, 0.25) is 0 Å². The zero-order chi connectivity index (χ0) is 14.1. The zero-order valence-electron chi connectivity index (χ0n) is 10.4. The van der Waals surface area contributed by atoms with Gasteiger partial charge in [-0.3, -0.25) is 0 Å². The topological polar surface area (TPSA) is 74.6 Å². The van der Waals surface area contributed by atoms with Crippen molar-refractivity contribution in [2.24, 2.45) is 0 Å². The average molecular weight is 254 g/mol. The predicted molar refractivity (Wildman–Crippen MR) is 63.2 cm³/mol. The molecular weight excluding hydrogens is 239 g/mol. The molecule has 0 saturated carbocycles. The van der Waals surface area contributed by atoms with Gasteiger partial charge in [0.15, 0.2) is 0 Å². The third-order valence-electron chi connectivity index (χ3n) is 2.74. The van der Waals surface area contributed by atoms with Crippen LogP contribution in [0, 0.1) is 0 Å². The maximum Gasteiger partial charge on any atom is 0.358 e. The summed E-state index contributed by atoms with van der Waals surface area (Å²) in [6.07, 6.45) is 0. The zero-order valence-corrected chi connectivity index (χ0v) is 10.4. The van der Waals surface area contributed by atoms with Crippen molar-refractivity contribution in [1.29, 1.82) is 0 Å². The molecule has 0 amide bonds. The fraction of sp³-hybridized carbons (Fsp3) is 0.385. The fourth-order valence-electron chi connectivity index (χ4n) is 1.54. The molecule has 0 fully saturated rings. The number of hydrogen-bond acceptors (Lipinski definition) is 2. The Balaban J connectivity index is 3.26. The van der Waals surface area contributed by atoms with E-state index in [0.29, 0.717) is 0 Å². The first kappa shape index (κ1) is 14.2. The molecule has 1 rings (SSSR count). The Kier molecular flexibility index (Phi) is 3.46. The molecule has 0 radical (unpaired) electrons. The molecule has 18 heavy (non-hydrogen) atoms. The normalized spacial score (nSPS) is 12.2. The van der Waals surface area contributed by atoms with Gasteiger partial charge in [-0.05, 0) is 11.0 Å². The van der Waals surface area contributed by atoms with Crippen molar-refractivity contribution in [2.75, 3.05) is 0 Å². The minimum Gasteiger partial charge on any atom is -0.478 e. The van der Waals surface area contributed by atoms with Gasteiger partial charge in [0, 0.05) is 5.56 Å². The number of benzene rings is 1. The van der Waals surface area contributed by atoms with E-state index < -0.39 is 23.2 Å². The number of carbonyl (C=O) groups is 2. The van der Waals surface area contributed by atoms with Crippen LogP contribution in [-0.2, 0) is 20.7 Å². The predicted octanol–water partition coefficient (Wildman–Crippen LogP) is 2.32. The van der Waals surface area contributed by atoms with Gasteiger partial charge in [0.05, 0.1) is 0 Å². The van der Waals surface area contributed by atoms with Gasteiger partial charge in [0.25, 0.3) is 0 Å². The van der Waals surface area contributed by atoms with Gasteiger partial charge in [-0.15, -0.1) is 0 Å². The number of aliphatic carboxylic acids is 2. The Labute approximate surface area is 104 Å². The summed E-state index contributed by atoms with van der Waals surface area (Å²) in [6.45, 7) is 5.83. The molecule has 0 aromatic heterocycles. The van der Waals surface area contributed by atoms with Crippen LogP contribution in [0.3, 0.4) is 0 Å². The molecule has 0 bridgehead atoms. The maximum atomic E-state index is 14.0. The minimum absolute atomic E-state index is 0.177. The highest BCUT2D eigenvalue weighted by Gasteiger charge is 2.49. The molecule has 0 saturated heterocycles. The SMILES string of the molecule is CC(C)(C)c1ccc(C(F)(C(=O)O)C(=O)O)cc1. The van der Waals surface area contributed by atoms with Crippen molar-refractivity contribution in [3.05, 3.63) is 35.4 Å². The highest BCUT2D eigenvalue weighted by molar-refractivity contribution is 6.02. The van der Waals surface area contributed by atoms with Crippen LogP contribution in [0.15, 0.2) is 24.3 Å². The van der Waals surface area contributed by atoms with Gasteiger partial charge < -0.3 is 10.2 Å². The fourth-order valence-corrected chi connectivity index (χ4v) is 1.54. The summed E-state index contributed by atoms with van der Waals surface area (Å²) >= 11 is 0. The summed E-state index contributed by atoms with van der Waals surface area (Å²) in [6, 6.07) is 5.47. The summed E-state index contributed by atoms with van der Waals surface area (Å²) in [5.74, 6) is -4.06. The largest absolute Gasteiger partial charge is 0.478 e. The van der Waals surface area contributed by atoms with Crippen molar-refractivity contribution in [3.63, 3.8) is 0 Å². The summed E-state index contributed by atoms with van der Waals surface area (Å²) in [5.41, 5.74) is -3.11. The Morgan fingerprint density at radius 1 is 0.944 bits per heavy atom. The average Bonchev–Trinajstić information content (AvgIpc) is 2.26. The van der Waals surface area contributed by atoms with Gasteiger partial charge in [0.2, 0.25) is 0 Å². The number of hydrogen-bond donors (Lipinski definition) is 2. The summed E-state index contributed by atoms with van der Waals surface area (Å²) < 4.78 is 14.0. The number of halogens is 1. The Morgan fingerprint density at radius 2 is 1.28 bits per heavy atom. The molecule has 4 nitrogen and oxygen atoms in total. The molecule has 2 N–H and O–H groups in total. The second-order valence-corrected chi connectivity index (χ2v) is 5.10. The number of rotatable bonds is 3. The first-order valence-electron chi connectivity index (χ1n) is 5.37. The third-order valence-corrected chi connectivity index (χ3v) is 2.74. The summed E-state index contributed by atoms with van der Waals surface area (Å²) in [5, 5.41) is 17.5. The quantitative estimate of drug-likeness (QED) is 0.812. The second kappa shape index (κ2) is 4.40. The summed E-state index contributed by atoms with van der Waals surface area (Å²) in [7, 11) is 0. The number of carboxylic acids is 2. The van der Waals surface area contributed by atoms with Crippen molar-refractivity contribution in [1.82, 2.24) is 0 Å². The van der Waals surface area contributed by atoms with Crippen LogP contribution in [0.4, 0.5) is 4.39 Å². The molecule has 98 valence electrons. The Morgan fingerprint density at radius 3 is 1.56 bits per heavy atom. The van der Waals surface area contributed by atoms with Gasteiger partial charge in [-0.2, -0.15) is 0 Å². The Bertz CT molecular complexity index is 457. The number of alkyl halides is 1. The van der Waals surface area contributed by atoms with Crippen LogP contribution < -0.4 is 0 Å². The van der Waals surface area contributed by atoms with Crippen molar-refractivity contribution < 1.29 is 24.2 Å². The highest BCUT2D eigenvalue weighted by atomic mass is 19.1. The molecule has 0 unspecified atom stereocenters. The smallest absolute Gasteiger partial charge is 0.358 e. The molecule has 0 atom stereocenters. The van der Waals surface area contributed by atoms with Crippen molar-refractivity contribution in [3.8, 4) is 0 Å². The minimum atomic E-state index is -3.41. The van der Waals surface area contributed by atoms with E-state index in [1.807, 2.05) is 20.8 Å². The first-order chi connectivity index (χ1) is 8.10. The van der Waals surface area contributed by atoms with Gasteiger partial charge in [-0.25, -0.2) is 14.0 Å². The lowest BCUT2D eigenvalue weighted by molar-refractivity contribution is -0.167. The molecule has 1 aromatic carbocycles. The van der Waals surface area contributed by atoms with Gasteiger partial charge in [0.1, 0.15) is 0 Å². The Hall–Kier alpha value is -1.91. The lowest BCUT2D eigenvalue weighted by Crippen LogP contribution is -2.39. The van der Waals surface area contributed by atoms with E-state index in [-0.39, 0.29) is 5.41 Å². The molecule has 0 heterocycles. The highest BCUT2D eigenvalue weighted by Crippen LogP contribution is 2.29. The van der Waals surface area contributed by atoms with Gasteiger partial charge >= 0.3 is 17.6 Å². The molecular formula is C13H15FO4. The van der Waals surface area contributed by atoms with E-state index in [2.05, 4.69) is 0 Å². The first-order valence-corrected chi connectivity index (χ1v) is 5.37. The molecule has 1 aromatic rings. The van der Waals surface area contributed by atoms with E-state index in [1.165, 1.54) is 24.3 Å². The van der Waals surface area contributed by atoms with E-state index >= 15 is 0 Å². The monoisotopic (exact) mass is 254 g/mol. The van der Waals surface area contributed by atoms with Gasteiger partial charge in [-0.1, -0.05) is 45.0 Å². The van der Waals surface area contributed by atoms with Crippen molar-refractivity contribution in [2.45, 2.75) is 31.9 Å².